The molecule has 1 aliphatic carbocycles. The van der Waals surface area contributed by atoms with Crippen LogP contribution in [0.15, 0.2) is 0 Å². The zero-order valence-electron chi connectivity index (χ0n) is 9.75. The van der Waals surface area contributed by atoms with Crippen molar-refractivity contribution in [3.63, 3.8) is 0 Å². The van der Waals surface area contributed by atoms with Gasteiger partial charge in [-0.2, -0.15) is 24.4 Å². The first-order valence-electron chi connectivity index (χ1n) is 5.82. The van der Waals surface area contributed by atoms with Crippen molar-refractivity contribution in [2.75, 3.05) is 11.5 Å². The molecule has 0 spiro atoms. The molecule has 0 aromatic carbocycles. The van der Waals surface area contributed by atoms with E-state index in [2.05, 4.69) is 45.2 Å². The Morgan fingerprint density at radius 2 is 1.79 bits per heavy atom. The largest absolute Gasteiger partial charge is 0.179 e. The van der Waals surface area contributed by atoms with Crippen molar-refractivity contribution in [2.24, 2.45) is 11.3 Å². The van der Waals surface area contributed by atoms with Crippen molar-refractivity contribution >= 4 is 24.4 Å². The third-order valence-electron chi connectivity index (χ3n) is 3.59. The molecule has 0 aliphatic heterocycles. The molecule has 0 nitrogen and oxygen atoms in total. The maximum atomic E-state index is 4.54. The van der Waals surface area contributed by atoms with Crippen LogP contribution in [0.2, 0.25) is 0 Å². The van der Waals surface area contributed by atoms with E-state index in [9.17, 15) is 0 Å². The van der Waals surface area contributed by atoms with Crippen LogP contribution in [-0.2, 0) is 0 Å². The van der Waals surface area contributed by atoms with Gasteiger partial charge in [0.25, 0.3) is 0 Å². The second kappa shape index (κ2) is 5.69. The Balaban J connectivity index is 2.34. The molecule has 0 radical (unpaired) electrons. The van der Waals surface area contributed by atoms with E-state index in [-0.39, 0.29) is 0 Å². The molecule has 0 aromatic heterocycles. The molecule has 0 heterocycles. The Hall–Kier alpha value is 0.700. The van der Waals surface area contributed by atoms with E-state index in [1.807, 2.05) is 0 Å². The summed E-state index contributed by atoms with van der Waals surface area (Å²) < 4.78 is 0. The lowest BCUT2D eigenvalue weighted by atomic mass is 9.91. The summed E-state index contributed by atoms with van der Waals surface area (Å²) in [6, 6.07) is 0. The average molecular weight is 232 g/mol. The maximum absolute atomic E-state index is 4.54. The fourth-order valence-corrected chi connectivity index (χ4v) is 3.95. The van der Waals surface area contributed by atoms with Gasteiger partial charge >= 0.3 is 0 Å². The second-order valence-corrected chi connectivity index (χ2v) is 6.81. The molecule has 0 aromatic rings. The van der Waals surface area contributed by atoms with Gasteiger partial charge in [0.2, 0.25) is 0 Å². The molecule has 84 valence electrons. The number of hydrogen-bond donors (Lipinski definition) is 1. The highest BCUT2D eigenvalue weighted by Gasteiger charge is 2.32. The number of hydrogen-bond acceptors (Lipinski definition) is 2. The molecule has 0 amide bonds. The van der Waals surface area contributed by atoms with E-state index in [1.54, 1.807) is 0 Å². The van der Waals surface area contributed by atoms with Crippen molar-refractivity contribution in [1.82, 2.24) is 0 Å². The summed E-state index contributed by atoms with van der Waals surface area (Å²) in [5.41, 5.74) is 0.580. The minimum Gasteiger partial charge on any atom is -0.179 e. The SMILES string of the molecule is CC(C)C(C)SCC1(CS)CCCC1. The molecule has 0 saturated heterocycles. The molecule has 1 atom stereocenters. The highest BCUT2D eigenvalue weighted by molar-refractivity contribution is 7.99. The van der Waals surface area contributed by atoms with Crippen LogP contribution in [0.4, 0.5) is 0 Å². The minimum absolute atomic E-state index is 0.580. The zero-order chi connectivity index (χ0) is 10.6. The summed E-state index contributed by atoms with van der Waals surface area (Å²) in [7, 11) is 0. The molecule has 1 fully saturated rings. The van der Waals surface area contributed by atoms with Crippen LogP contribution >= 0.6 is 24.4 Å². The van der Waals surface area contributed by atoms with Gasteiger partial charge in [0.15, 0.2) is 0 Å². The Labute approximate surface area is 99.0 Å². The van der Waals surface area contributed by atoms with Crippen LogP contribution in [0.25, 0.3) is 0 Å². The van der Waals surface area contributed by atoms with Crippen molar-refractivity contribution in [1.29, 1.82) is 0 Å². The highest BCUT2D eigenvalue weighted by atomic mass is 32.2. The van der Waals surface area contributed by atoms with Crippen LogP contribution in [0.5, 0.6) is 0 Å². The molecular weight excluding hydrogens is 208 g/mol. The lowest BCUT2D eigenvalue weighted by Gasteiger charge is -2.28. The molecule has 1 aliphatic rings. The summed E-state index contributed by atoms with van der Waals surface area (Å²) in [4.78, 5) is 0. The van der Waals surface area contributed by atoms with Crippen molar-refractivity contribution in [2.45, 2.75) is 51.7 Å². The summed E-state index contributed by atoms with van der Waals surface area (Å²) in [6.45, 7) is 7.00. The first-order chi connectivity index (χ1) is 6.59. The maximum Gasteiger partial charge on any atom is 0.00419 e. The molecule has 1 saturated carbocycles. The first kappa shape index (κ1) is 12.8. The van der Waals surface area contributed by atoms with E-state index >= 15 is 0 Å². The number of rotatable bonds is 5. The molecule has 1 unspecified atom stereocenters. The predicted octanol–water partition coefficient (Wildman–Crippen LogP) is 4.25. The van der Waals surface area contributed by atoms with Gasteiger partial charge < -0.3 is 0 Å². The summed E-state index contributed by atoms with van der Waals surface area (Å²) in [5.74, 6) is 3.22. The Kier molecular flexibility index (Phi) is 5.19. The van der Waals surface area contributed by atoms with Gasteiger partial charge in [-0.05, 0) is 35.7 Å². The summed E-state index contributed by atoms with van der Waals surface area (Å²) in [5, 5.41) is 0.798. The average Bonchev–Trinajstić information content (AvgIpc) is 2.63. The topological polar surface area (TPSA) is 0 Å². The summed E-state index contributed by atoms with van der Waals surface area (Å²) >= 11 is 6.70. The lowest BCUT2D eigenvalue weighted by molar-refractivity contribution is 0.402. The Bertz CT molecular complexity index is 160. The Morgan fingerprint density at radius 1 is 1.21 bits per heavy atom. The normalized spacial score (nSPS) is 22.9. The molecule has 0 bridgehead atoms. The third-order valence-corrected chi connectivity index (χ3v) is 6.11. The lowest BCUT2D eigenvalue weighted by Crippen LogP contribution is -2.23. The van der Waals surface area contributed by atoms with Gasteiger partial charge in [0.1, 0.15) is 0 Å². The van der Waals surface area contributed by atoms with Crippen LogP contribution < -0.4 is 0 Å². The van der Waals surface area contributed by atoms with Gasteiger partial charge in [0, 0.05) is 5.25 Å². The van der Waals surface area contributed by atoms with E-state index < -0.39 is 0 Å². The second-order valence-electron chi connectivity index (χ2n) is 5.13. The molecule has 2 heteroatoms. The van der Waals surface area contributed by atoms with E-state index in [4.69, 9.17) is 0 Å². The molecule has 1 rings (SSSR count). The highest BCUT2D eigenvalue weighted by Crippen LogP contribution is 2.42. The van der Waals surface area contributed by atoms with Crippen molar-refractivity contribution < 1.29 is 0 Å². The zero-order valence-corrected chi connectivity index (χ0v) is 11.5. The van der Waals surface area contributed by atoms with E-state index in [0.29, 0.717) is 5.41 Å². The van der Waals surface area contributed by atoms with Gasteiger partial charge in [-0.3, -0.25) is 0 Å². The van der Waals surface area contributed by atoms with Gasteiger partial charge in [0.05, 0.1) is 0 Å². The molecule has 14 heavy (non-hydrogen) atoms. The Morgan fingerprint density at radius 3 is 2.21 bits per heavy atom. The predicted molar refractivity (Wildman–Crippen MR) is 71.5 cm³/mol. The van der Waals surface area contributed by atoms with Crippen LogP contribution in [0.1, 0.15) is 46.5 Å². The standard InChI is InChI=1S/C12H24S2/c1-10(2)11(3)14-9-12(8-13)6-4-5-7-12/h10-11,13H,4-9H2,1-3H3. The van der Waals surface area contributed by atoms with Crippen molar-refractivity contribution in [3.05, 3.63) is 0 Å². The third kappa shape index (κ3) is 3.37. The monoisotopic (exact) mass is 232 g/mol. The van der Waals surface area contributed by atoms with Crippen molar-refractivity contribution in [3.8, 4) is 0 Å². The van der Waals surface area contributed by atoms with Gasteiger partial charge in [-0.25, -0.2) is 0 Å². The van der Waals surface area contributed by atoms with Crippen LogP contribution in [0, 0.1) is 11.3 Å². The summed E-state index contributed by atoms with van der Waals surface area (Å²) in [6.07, 6.45) is 5.68. The number of thiol groups is 1. The fourth-order valence-electron chi connectivity index (χ4n) is 1.97. The number of thioether (sulfide) groups is 1. The molecular formula is C12H24S2. The van der Waals surface area contributed by atoms with E-state index in [1.165, 1.54) is 31.4 Å². The molecule has 0 N–H and O–H groups in total. The quantitative estimate of drug-likeness (QED) is 0.691. The van der Waals surface area contributed by atoms with Crippen LogP contribution in [0.3, 0.4) is 0 Å². The van der Waals surface area contributed by atoms with Crippen LogP contribution in [-0.4, -0.2) is 16.8 Å². The smallest absolute Gasteiger partial charge is 0.00419 e. The van der Waals surface area contributed by atoms with Gasteiger partial charge in [-0.15, -0.1) is 0 Å². The van der Waals surface area contributed by atoms with Gasteiger partial charge in [-0.1, -0.05) is 33.6 Å². The minimum atomic E-state index is 0.580. The fraction of sp³-hybridized carbons (Fsp3) is 1.00. The first-order valence-corrected chi connectivity index (χ1v) is 7.50. The van der Waals surface area contributed by atoms with E-state index in [0.717, 1.165) is 16.9 Å².